The Morgan fingerprint density at radius 3 is 2.83 bits per heavy atom. The second kappa shape index (κ2) is 6.63. The van der Waals surface area contributed by atoms with E-state index in [0.717, 1.165) is 5.56 Å². The maximum absolute atomic E-state index is 12.7. The molecule has 1 aliphatic heterocycles. The molecule has 0 spiro atoms. The van der Waals surface area contributed by atoms with Gasteiger partial charge in [-0.2, -0.15) is 10.4 Å². The molecule has 3 rings (SSSR count). The van der Waals surface area contributed by atoms with E-state index in [0.29, 0.717) is 36.6 Å². The van der Waals surface area contributed by atoms with Crippen LogP contribution in [0.15, 0.2) is 30.5 Å². The summed E-state index contributed by atoms with van der Waals surface area (Å²) in [5, 5.41) is 16.7. The first-order valence-electron chi connectivity index (χ1n) is 7.64. The second-order valence-corrected chi connectivity index (χ2v) is 6.25. The van der Waals surface area contributed by atoms with Crippen LogP contribution in [0.3, 0.4) is 0 Å². The molecular weight excluding hydrogens is 328 g/mol. The summed E-state index contributed by atoms with van der Waals surface area (Å²) >= 11 is 6.08. The lowest BCUT2D eigenvalue weighted by atomic mass is 9.82. The van der Waals surface area contributed by atoms with Crippen molar-refractivity contribution in [2.75, 3.05) is 13.2 Å². The zero-order valence-electron chi connectivity index (χ0n) is 13.3. The highest BCUT2D eigenvalue weighted by molar-refractivity contribution is 6.33. The number of carbonyl (C=O) groups is 1. The number of halogens is 1. The third-order valence-electron chi connectivity index (χ3n) is 4.24. The highest BCUT2D eigenvalue weighted by Gasteiger charge is 2.37. The first-order chi connectivity index (χ1) is 11.5. The molecule has 1 aromatic heterocycles. The van der Waals surface area contributed by atoms with E-state index in [4.69, 9.17) is 21.6 Å². The first kappa shape index (κ1) is 16.5. The number of ether oxygens (including phenoxy) is 1. The predicted molar refractivity (Wildman–Crippen MR) is 88.6 cm³/mol. The van der Waals surface area contributed by atoms with Crippen LogP contribution in [0.5, 0.6) is 0 Å². The fourth-order valence-electron chi connectivity index (χ4n) is 2.98. The summed E-state index contributed by atoms with van der Waals surface area (Å²) in [5.74, 6) is -0.329. The van der Waals surface area contributed by atoms with Gasteiger partial charge in [0.15, 0.2) is 5.69 Å². The zero-order chi connectivity index (χ0) is 17.2. The van der Waals surface area contributed by atoms with Crippen LogP contribution in [-0.4, -0.2) is 28.9 Å². The number of amides is 1. The van der Waals surface area contributed by atoms with Gasteiger partial charge in [0.25, 0.3) is 5.91 Å². The first-order valence-corrected chi connectivity index (χ1v) is 8.02. The van der Waals surface area contributed by atoms with Gasteiger partial charge in [-0.1, -0.05) is 23.7 Å². The van der Waals surface area contributed by atoms with Crippen LogP contribution in [-0.2, 0) is 17.3 Å². The highest BCUT2D eigenvalue weighted by atomic mass is 35.5. The minimum atomic E-state index is -0.594. The van der Waals surface area contributed by atoms with E-state index in [1.807, 2.05) is 18.2 Å². The molecule has 1 fully saturated rings. The number of nitrogens with one attached hydrogen (secondary N) is 1. The van der Waals surface area contributed by atoms with Gasteiger partial charge in [-0.25, -0.2) is 0 Å². The van der Waals surface area contributed by atoms with E-state index in [9.17, 15) is 4.79 Å². The van der Waals surface area contributed by atoms with Crippen molar-refractivity contribution < 1.29 is 9.53 Å². The van der Waals surface area contributed by atoms with Gasteiger partial charge in [-0.05, 0) is 30.5 Å². The average molecular weight is 345 g/mol. The van der Waals surface area contributed by atoms with Crippen LogP contribution >= 0.6 is 11.6 Å². The normalized spacial score (nSPS) is 16.4. The Balaban J connectivity index is 1.95. The minimum absolute atomic E-state index is 0.196. The molecule has 1 saturated heterocycles. The van der Waals surface area contributed by atoms with Gasteiger partial charge >= 0.3 is 0 Å². The highest BCUT2D eigenvalue weighted by Crippen LogP contribution is 2.33. The third kappa shape index (κ3) is 3.14. The monoisotopic (exact) mass is 344 g/mol. The molecule has 0 aliphatic carbocycles. The molecule has 7 heteroatoms. The molecule has 2 aromatic rings. The van der Waals surface area contributed by atoms with Crippen LogP contribution < -0.4 is 5.32 Å². The quantitative estimate of drug-likeness (QED) is 0.927. The molecule has 2 heterocycles. The summed E-state index contributed by atoms with van der Waals surface area (Å²) in [6.45, 7) is 1.07. The summed E-state index contributed by atoms with van der Waals surface area (Å²) in [5.41, 5.74) is 1.05. The van der Waals surface area contributed by atoms with Gasteiger partial charge < -0.3 is 10.1 Å². The van der Waals surface area contributed by atoms with Crippen molar-refractivity contribution >= 4 is 17.5 Å². The number of carbonyl (C=O) groups excluding carboxylic acids is 1. The smallest absolute Gasteiger partial charge is 0.274 e. The van der Waals surface area contributed by atoms with Crippen molar-refractivity contribution in [2.24, 2.45) is 7.05 Å². The molecule has 124 valence electrons. The Morgan fingerprint density at radius 1 is 1.46 bits per heavy atom. The number of hydrogen-bond donors (Lipinski definition) is 1. The van der Waals surface area contributed by atoms with E-state index in [-0.39, 0.29) is 11.6 Å². The number of nitrogens with zero attached hydrogens (tertiary/aromatic N) is 3. The van der Waals surface area contributed by atoms with Crippen molar-refractivity contribution in [3.05, 3.63) is 52.3 Å². The van der Waals surface area contributed by atoms with Crippen molar-refractivity contribution in [2.45, 2.75) is 18.4 Å². The summed E-state index contributed by atoms with van der Waals surface area (Å²) in [6.07, 6.45) is 2.83. The standard InChI is InChI=1S/C17H17ClN4O2/c1-22-11-14(18)15(21-22)16(23)20-17(5-7-24-8-6-17)13-4-2-3-12(9-13)10-19/h2-4,9,11H,5-8H2,1H3,(H,20,23). The van der Waals surface area contributed by atoms with E-state index in [2.05, 4.69) is 16.5 Å². The summed E-state index contributed by atoms with van der Waals surface area (Å²) in [4.78, 5) is 12.7. The van der Waals surface area contributed by atoms with Crippen molar-refractivity contribution in [3.63, 3.8) is 0 Å². The Kier molecular flexibility index (Phi) is 4.56. The van der Waals surface area contributed by atoms with Crippen LogP contribution in [0.2, 0.25) is 5.02 Å². The molecule has 0 bridgehead atoms. The molecule has 0 unspecified atom stereocenters. The fraction of sp³-hybridized carbons (Fsp3) is 0.353. The van der Waals surface area contributed by atoms with Crippen LogP contribution in [0.1, 0.15) is 34.5 Å². The summed E-state index contributed by atoms with van der Waals surface area (Å²) in [7, 11) is 1.71. The van der Waals surface area contributed by atoms with Crippen molar-refractivity contribution in [1.29, 1.82) is 5.26 Å². The maximum Gasteiger partial charge on any atom is 0.274 e. The predicted octanol–water partition coefficient (Wildman–Crippen LogP) is 2.38. The second-order valence-electron chi connectivity index (χ2n) is 5.84. The van der Waals surface area contributed by atoms with E-state index >= 15 is 0 Å². The molecule has 0 atom stereocenters. The minimum Gasteiger partial charge on any atom is -0.381 e. The number of rotatable bonds is 3. The van der Waals surface area contributed by atoms with Gasteiger partial charge in [0, 0.05) is 26.5 Å². The average Bonchev–Trinajstić information content (AvgIpc) is 2.94. The number of hydrogen-bond acceptors (Lipinski definition) is 4. The van der Waals surface area contributed by atoms with Gasteiger partial charge in [0.05, 0.1) is 22.2 Å². The maximum atomic E-state index is 12.7. The van der Waals surface area contributed by atoms with Gasteiger partial charge in [0.1, 0.15) is 0 Å². The molecule has 1 amide bonds. The Labute approximate surface area is 145 Å². The van der Waals surface area contributed by atoms with Gasteiger partial charge in [0.2, 0.25) is 0 Å². The van der Waals surface area contributed by atoms with Crippen molar-refractivity contribution in [1.82, 2.24) is 15.1 Å². The third-order valence-corrected chi connectivity index (χ3v) is 4.52. The molecule has 0 saturated carbocycles. The number of nitriles is 1. The summed E-state index contributed by atoms with van der Waals surface area (Å²) < 4.78 is 6.96. The van der Waals surface area contributed by atoms with Crippen LogP contribution in [0.25, 0.3) is 0 Å². The SMILES string of the molecule is Cn1cc(Cl)c(C(=O)NC2(c3cccc(C#N)c3)CCOCC2)n1. The Hall–Kier alpha value is -2.36. The van der Waals surface area contributed by atoms with Gasteiger partial charge in [-0.3, -0.25) is 9.48 Å². The lowest BCUT2D eigenvalue weighted by molar-refractivity contribution is 0.0344. The number of aryl methyl sites for hydroxylation is 1. The topological polar surface area (TPSA) is 79.9 Å². The zero-order valence-corrected chi connectivity index (χ0v) is 14.0. The molecular formula is C17H17ClN4O2. The summed E-state index contributed by atoms with van der Waals surface area (Å²) in [6, 6.07) is 9.44. The molecule has 0 radical (unpaired) electrons. The lowest BCUT2D eigenvalue weighted by Gasteiger charge is -2.38. The van der Waals surface area contributed by atoms with Crippen molar-refractivity contribution in [3.8, 4) is 6.07 Å². The molecule has 1 aromatic carbocycles. The lowest BCUT2D eigenvalue weighted by Crippen LogP contribution is -2.49. The molecule has 6 nitrogen and oxygen atoms in total. The molecule has 1 N–H and O–H groups in total. The van der Waals surface area contributed by atoms with Gasteiger partial charge in [-0.15, -0.1) is 0 Å². The Morgan fingerprint density at radius 2 is 2.21 bits per heavy atom. The number of aromatic nitrogens is 2. The molecule has 24 heavy (non-hydrogen) atoms. The van der Waals surface area contributed by atoms with Crippen LogP contribution in [0.4, 0.5) is 0 Å². The van der Waals surface area contributed by atoms with E-state index < -0.39 is 5.54 Å². The Bertz CT molecular complexity index is 803. The fourth-order valence-corrected chi connectivity index (χ4v) is 3.25. The largest absolute Gasteiger partial charge is 0.381 e. The van der Waals surface area contributed by atoms with E-state index in [1.54, 1.807) is 19.3 Å². The molecule has 1 aliphatic rings. The number of benzene rings is 1. The van der Waals surface area contributed by atoms with E-state index in [1.165, 1.54) is 4.68 Å². The van der Waals surface area contributed by atoms with Crippen LogP contribution in [0, 0.1) is 11.3 Å².